The Morgan fingerprint density at radius 1 is 1.31 bits per heavy atom. The maximum Gasteiger partial charge on any atom is 0.227 e. The summed E-state index contributed by atoms with van der Waals surface area (Å²) in [6.07, 6.45) is 3.50. The van der Waals surface area contributed by atoms with E-state index < -0.39 is 0 Å². The standard InChI is InChI=1S/C19H24Cl2N4O/c1-12-16(10-19(26)24-8-4-3-5-15(24)11-22)13(2)25(23-12)18-7-6-14(20)9-17(18)21/h6-7,9,15H,3-5,8,10-11,22H2,1-2H3. The van der Waals surface area contributed by atoms with Crippen molar-refractivity contribution in [2.45, 2.75) is 45.6 Å². The summed E-state index contributed by atoms with van der Waals surface area (Å²) in [5.41, 5.74) is 9.32. The van der Waals surface area contributed by atoms with Crippen molar-refractivity contribution in [1.82, 2.24) is 14.7 Å². The fraction of sp³-hybridized carbons (Fsp3) is 0.474. The summed E-state index contributed by atoms with van der Waals surface area (Å²) in [6.45, 7) is 5.19. The number of amides is 1. The normalized spacial score (nSPS) is 17.6. The predicted octanol–water partition coefficient (Wildman–Crippen LogP) is 3.68. The van der Waals surface area contributed by atoms with Crippen molar-refractivity contribution >= 4 is 29.1 Å². The number of benzene rings is 1. The molecule has 2 aromatic rings. The Labute approximate surface area is 164 Å². The molecule has 0 saturated carbocycles. The van der Waals surface area contributed by atoms with E-state index in [0.717, 1.165) is 48.4 Å². The molecule has 1 aliphatic rings. The van der Waals surface area contributed by atoms with Gasteiger partial charge in [0.15, 0.2) is 0 Å². The van der Waals surface area contributed by atoms with Crippen LogP contribution in [0, 0.1) is 13.8 Å². The molecule has 1 amide bonds. The van der Waals surface area contributed by atoms with Gasteiger partial charge in [0.25, 0.3) is 0 Å². The Morgan fingerprint density at radius 3 is 2.77 bits per heavy atom. The molecule has 26 heavy (non-hydrogen) atoms. The lowest BCUT2D eigenvalue weighted by atomic mass is 10.0. The molecule has 1 aliphatic heterocycles. The average molecular weight is 395 g/mol. The molecule has 3 rings (SSSR count). The van der Waals surface area contributed by atoms with Crippen molar-refractivity contribution in [3.05, 3.63) is 45.2 Å². The molecular formula is C19H24Cl2N4O. The van der Waals surface area contributed by atoms with Crippen LogP contribution >= 0.6 is 23.2 Å². The van der Waals surface area contributed by atoms with Crippen molar-refractivity contribution in [3.63, 3.8) is 0 Å². The van der Waals surface area contributed by atoms with E-state index in [2.05, 4.69) is 5.10 Å². The first-order valence-corrected chi connectivity index (χ1v) is 9.68. The van der Waals surface area contributed by atoms with Gasteiger partial charge in [0.05, 0.1) is 22.8 Å². The first-order chi connectivity index (χ1) is 12.4. The van der Waals surface area contributed by atoms with Gasteiger partial charge in [-0.2, -0.15) is 5.10 Å². The minimum Gasteiger partial charge on any atom is -0.338 e. The molecule has 0 bridgehead atoms. The number of likely N-dealkylation sites (tertiary alicyclic amines) is 1. The van der Waals surface area contributed by atoms with E-state index in [1.54, 1.807) is 16.8 Å². The van der Waals surface area contributed by atoms with E-state index in [0.29, 0.717) is 23.0 Å². The molecule has 1 atom stereocenters. The molecule has 1 unspecified atom stereocenters. The van der Waals surface area contributed by atoms with Gasteiger partial charge < -0.3 is 10.6 Å². The number of piperidine rings is 1. The van der Waals surface area contributed by atoms with Gasteiger partial charge in [-0.05, 0) is 51.3 Å². The SMILES string of the molecule is Cc1nn(-c2ccc(Cl)cc2Cl)c(C)c1CC(=O)N1CCCCC1CN. The number of carbonyl (C=O) groups excluding carboxylic acids is 1. The van der Waals surface area contributed by atoms with E-state index in [4.69, 9.17) is 28.9 Å². The van der Waals surface area contributed by atoms with Crippen LogP contribution in [-0.2, 0) is 11.2 Å². The van der Waals surface area contributed by atoms with Crippen molar-refractivity contribution in [2.24, 2.45) is 5.73 Å². The number of hydrogen-bond donors (Lipinski definition) is 1. The van der Waals surface area contributed by atoms with Crippen LogP contribution in [0.5, 0.6) is 0 Å². The first-order valence-electron chi connectivity index (χ1n) is 8.92. The Balaban J connectivity index is 1.87. The van der Waals surface area contributed by atoms with Crippen LogP contribution in [0.3, 0.4) is 0 Å². The Morgan fingerprint density at radius 2 is 2.08 bits per heavy atom. The molecule has 0 spiro atoms. The van der Waals surface area contributed by atoms with Gasteiger partial charge >= 0.3 is 0 Å². The molecule has 0 aliphatic carbocycles. The lowest BCUT2D eigenvalue weighted by Gasteiger charge is -2.35. The number of halogens is 2. The number of nitrogens with two attached hydrogens (primary N) is 1. The molecule has 0 radical (unpaired) electrons. The molecule has 140 valence electrons. The summed E-state index contributed by atoms with van der Waals surface area (Å²) in [6, 6.07) is 5.46. The minimum atomic E-state index is 0.119. The van der Waals surface area contributed by atoms with Gasteiger partial charge in [0.2, 0.25) is 5.91 Å². The summed E-state index contributed by atoms with van der Waals surface area (Å²) in [4.78, 5) is 14.8. The van der Waals surface area contributed by atoms with Crippen molar-refractivity contribution in [3.8, 4) is 5.69 Å². The van der Waals surface area contributed by atoms with Gasteiger partial charge in [-0.15, -0.1) is 0 Å². The van der Waals surface area contributed by atoms with E-state index in [1.165, 1.54) is 0 Å². The maximum atomic E-state index is 12.9. The molecule has 1 aromatic carbocycles. The summed E-state index contributed by atoms with van der Waals surface area (Å²) >= 11 is 12.3. The van der Waals surface area contributed by atoms with Crippen LogP contribution in [0.1, 0.15) is 36.2 Å². The number of nitrogens with zero attached hydrogens (tertiary/aromatic N) is 3. The van der Waals surface area contributed by atoms with Crippen LogP contribution in [0.2, 0.25) is 10.0 Å². The lowest BCUT2D eigenvalue weighted by molar-refractivity contribution is -0.133. The molecule has 1 saturated heterocycles. The fourth-order valence-electron chi connectivity index (χ4n) is 3.65. The van der Waals surface area contributed by atoms with Crippen molar-refractivity contribution in [1.29, 1.82) is 0 Å². The lowest BCUT2D eigenvalue weighted by Crippen LogP contribution is -2.48. The summed E-state index contributed by atoms with van der Waals surface area (Å²) in [7, 11) is 0. The zero-order chi connectivity index (χ0) is 18.8. The zero-order valence-corrected chi connectivity index (χ0v) is 16.6. The van der Waals surface area contributed by atoms with E-state index in [1.807, 2.05) is 24.8 Å². The van der Waals surface area contributed by atoms with Crippen LogP contribution in [0.15, 0.2) is 18.2 Å². The van der Waals surface area contributed by atoms with Crippen LogP contribution < -0.4 is 5.73 Å². The fourth-order valence-corrected chi connectivity index (χ4v) is 4.13. The molecular weight excluding hydrogens is 371 g/mol. The third kappa shape index (κ3) is 3.75. The molecule has 7 heteroatoms. The predicted molar refractivity (Wildman–Crippen MR) is 105 cm³/mol. The molecule has 5 nitrogen and oxygen atoms in total. The number of rotatable bonds is 4. The smallest absolute Gasteiger partial charge is 0.227 e. The first kappa shape index (κ1) is 19.2. The number of aromatic nitrogens is 2. The summed E-state index contributed by atoms with van der Waals surface area (Å²) in [5, 5.41) is 5.71. The third-order valence-corrected chi connectivity index (χ3v) is 5.66. The molecule has 1 aromatic heterocycles. The van der Waals surface area contributed by atoms with Crippen molar-refractivity contribution in [2.75, 3.05) is 13.1 Å². The molecule has 2 heterocycles. The maximum absolute atomic E-state index is 12.9. The van der Waals surface area contributed by atoms with Crippen LogP contribution in [0.25, 0.3) is 5.69 Å². The highest BCUT2D eigenvalue weighted by Gasteiger charge is 2.27. The quantitative estimate of drug-likeness (QED) is 0.859. The number of hydrogen-bond acceptors (Lipinski definition) is 3. The van der Waals surface area contributed by atoms with Gasteiger partial charge in [-0.1, -0.05) is 23.2 Å². The monoisotopic (exact) mass is 394 g/mol. The number of aryl methyl sites for hydroxylation is 1. The van der Waals surface area contributed by atoms with E-state index in [9.17, 15) is 4.79 Å². The van der Waals surface area contributed by atoms with E-state index >= 15 is 0 Å². The minimum absolute atomic E-state index is 0.119. The topological polar surface area (TPSA) is 64.2 Å². The second kappa shape index (κ2) is 7.99. The average Bonchev–Trinajstić information content (AvgIpc) is 2.89. The Bertz CT molecular complexity index is 818. The van der Waals surface area contributed by atoms with Gasteiger partial charge in [-0.3, -0.25) is 4.79 Å². The van der Waals surface area contributed by atoms with Crippen molar-refractivity contribution < 1.29 is 4.79 Å². The third-order valence-electron chi connectivity index (χ3n) is 5.13. The Hall–Kier alpha value is -1.56. The summed E-state index contributed by atoms with van der Waals surface area (Å²) in [5.74, 6) is 0.119. The van der Waals surface area contributed by atoms with Gasteiger partial charge in [-0.25, -0.2) is 4.68 Å². The molecule has 1 fully saturated rings. The second-order valence-corrected chi connectivity index (χ2v) is 7.65. The second-order valence-electron chi connectivity index (χ2n) is 6.81. The van der Waals surface area contributed by atoms with Gasteiger partial charge in [0, 0.05) is 35.4 Å². The Kier molecular flexibility index (Phi) is 5.90. The number of carbonyl (C=O) groups is 1. The van der Waals surface area contributed by atoms with Crippen LogP contribution in [0.4, 0.5) is 0 Å². The van der Waals surface area contributed by atoms with Gasteiger partial charge in [0.1, 0.15) is 0 Å². The van der Waals surface area contributed by atoms with E-state index in [-0.39, 0.29) is 11.9 Å². The highest BCUT2D eigenvalue weighted by molar-refractivity contribution is 6.35. The molecule has 2 N–H and O–H groups in total. The highest BCUT2D eigenvalue weighted by Crippen LogP contribution is 2.27. The highest BCUT2D eigenvalue weighted by atomic mass is 35.5. The van der Waals surface area contributed by atoms with Crippen LogP contribution in [-0.4, -0.2) is 39.7 Å². The zero-order valence-electron chi connectivity index (χ0n) is 15.1. The largest absolute Gasteiger partial charge is 0.338 e. The summed E-state index contributed by atoms with van der Waals surface area (Å²) < 4.78 is 1.78.